The molecule has 2 aromatic heterocycles. The number of carbonyl (C=O) groups is 1. The molecule has 0 atom stereocenters. The summed E-state index contributed by atoms with van der Waals surface area (Å²) >= 11 is 0. The van der Waals surface area contributed by atoms with Gasteiger partial charge in [0.05, 0.1) is 31.2 Å². The number of rotatable bonds is 6. The van der Waals surface area contributed by atoms with Crippen molar-refractivity contribution < 1.29 is 9.53 Å². The van der Waals surface area contributed by atoms with Crippen LogP contribution in [0.15, 0.2) is 24.5 Å². The van der Waals surface area contributed by atoms with Crippen LogP contribution >= 0.6 is 0 Å². The number of anilines is 1. The molecule has 0 saturated carbocycles. The van der Waals surface area contributed by atoms with Crippen molar-refractivity contribution in [2.75, 3.05) is 18.5 Å². The van der Waals surface area contributed by atoms with E-state index < -0.39 is 0 Å². The van der Waals surface area contributed by atoms with E-state index in [4.69, 9.17) is 10.5 Å². The molecule has 0 aromatic carbocycles. The van der Waals surface area contributed by atoms with Gasteiger partial charge in [-0.05, 0) is 13.0 Å². The molecular weight excluding hydrogens is 260 g/mol. The first-order chi connectivity index (χ1) is 9.72. The van der Waals surface area contributed by atoms with Gasteiger partial charge in [-0.3, -0.25) is 9.48 Å². The maximum Gasteiger partial charge on any atom is 0.277 e. The molecule has 1 amide bonds. The highest BCUT2D eigenvalue weighted by Crippen LogP contribution is 2.12. The maximum absolute atomic E-state index is 11.9. The molecular formula is C12H16N6O2. The van der Waals surface area contributed by atoms with Gasteiger partial charge in [0.15, 0.2) is 5.69 Å². The molecule has 0 radical (unpaired) electrons. The Morgan fingerprint density at radius 3 is 3.00 bits per heavy atom. The zero-order valence-corrected chi connectivity index (χ0v) is 11.1. The van der Waals surface area contributed by atoms with Crippen molar-refractivity contribution in [3.05, 3.63) is 30.2 Å². The van der Waals surface area contributed by atoms with Crippen LogP contribution < -0.4 is 15.8 Å². The Morgan fingerprint density at radius 1 is 1.50 bits per heavy atom. The molecule has 2 rings (SSSR count). The van der Waals surface area contributed by atoms with Gasteiger partial charge in [-0.15, -0.1) is 5.10 Å². The topological polar surface area (TPSA) is 108 Å². The molecule has 8 nitrogen and oxygen atoms in total. The van der Waals surface area contributed by atoms with Crippen LogP contribution in [0.2, 0.25) is 0 Å². The lowest BCUT2D eigenvalue weighted by atomic mass is 10.3. The third-order valence-electron chi connectivity index (χ3n) is 2.42. The second kappa shape index (κ2) is 6.62. The second-order valence-corrected chi connectivity index (χ2v) is 3.93. The van der Waals surface area contributed by atoms with E-state index in [0.717, 1.165) is 0 Å². The van der Waals surface area contributed by atoms with Crippen molar-refractivity contribution in [3.8, 4) is 5.88 Å². The Balaban J connectivity index is 1.99. The molecule has 0 aliphatic carbocycles. The number of carbonyl (C=O) groups excluding carboxylic acids is 1. The highest BCUT2D eigenvalue weighted by atomic mass is 16.5. The van der Waals surface area contributed by atoms with Gasteiger partial charge in [0.25, 0.3) is 5.91 Å². The SMILES string of the molecule is CCOc1ccc(NC(=O)c2cn(CCN)nn2)cn1. The van der Waals surface area contributed by atoms with Crippen LogP contribution in [0.4, 0.5) is 5.69 Å². The molecule has 0 aliphatic heterocycles. The maximum atomic E-state index is 11.9. The first-order valence-corrected chi connectivity index (χ1v) is 6.23. The predicted octanol–water partition coefficient (Wildman–Crippen LogP) is 0.283. The third-order valence-corrected chi connectivity index (χ3v) is 2.42. The summed E-state index contributed by atoms with van der Waals surface area (Å²) in [5.41, 5.74) is 6.19. The number of hydrogen-bond acceptors (Lipinski definition) is 6. The van der Waals surface area contributed by atoms with Crippen molar-refractivity contribution in [3.63, 3.8) is 0 Å². The van der Waals surface area contributed by atoms with Crippen LogP contribution in [-0.4, -0.2) is 39.0 Å². The molecule has 0 unspecified atom stereocenters. The minimum Gasteiger partial charge on any atom is -0.478 e. The summed E-state index contributed by atoms with van der Waals surface area (Å²) in [5, 5.41) is 10.3. The monoisotopic (exact) mass is 276 g/mol. The van der Waals surface area contributed by atoms with Gasteiger partial charge in [0.2, 0.25) is 5.88 Å². The number of aromatic nitrogens is 4. The predicted molar refractivity (Wildman–Crippen MR) is 72.4 cm³/mol. The average molecular weight is 276 g/mol. The highest BCUT2D eigenvalue weighted by molar-refractivity contribution is 6.02. The number of nitrogens with two attached hydrogens (primary N) is 1. The summed E-state index contributed by atoms with van der Waals surface area (Å²) in [6.45, 7) is 3.38. The van der Waals surface area contributed by atoms with Crippen molar-refractivity contribution in [2.24, 2.45) is 5.73 Å². The van der Waals surface area contributed by atoms with Gasteiger partial charge in [-0.25, -0.2) is 4.98 Å². The molecule has 0 bridgehead atoms. The lowest BCUT2D eigenvalue weighted by Crippen LogP contribution is -2.13. The smallest absolute Gasteiger partial charge is 0.277 e. The van der Waals surface area contributed by atoms with Crippen LogP contribution in [0.1, 0.15) is 17.4 Å². The van der Waals surface area contributed by atoms with Crippen LogP contribution in [-0.2, 0) is 6.54 Å². The quantitative estimate of drug-likeness (QED) is 0.784. The first kappa shape index (κ1) is 13.9. The Labute approximate surface area is 115 Å². The molecule has 3 N–H and O–H groups in total. The molecule has 20 heavy (non-hydrogen) atoms. The van der Waals surface area contributed by atoms with Gasteiger partial charge < -0.3 is 15.8 Å². The van der Waals surface area contributed by atoms with Crippen molar-refractivity contribution in [1.29, 1.82) is 0 Å². The van der Waals surface area contributed by atoms with E-state index in [9.17, 15) is 4.79 Å². The fourth-order valence-electron chi connectivity index (χ4n) is 1.53. The van der Waals surface area contributed by atoms with Crippen molar-refractivity contribution in [2.45, 2.75) is 13.5 Å². The highest BCUT2D eigenvalue weighted by Gasteiger charge is 2.11. The Morgan fingerprint density at radius 2 is 2.35 bits per heavy atom. The number of hydrogen-bond donors (Lipinski definition) is 2. The van der Waals surface area contributed by atoms with Crippen LogP contribution in [0.3, 0.4) is 0 Å². The molecule has 0 fully saturated rings. The van der Waals surface area contributed by atoms with Crippen LogP contribution in [0.25, 0.3) is 0 Å². The molecule has 2 aromatic rings. The van der Waals surface area contributed by atoms with E-state index in [1.165, 1.54) is 10.9 Å². The molecule has 8 heteroatoms. The van der Waals surface area contributed by atoms with Gasteiger partial charge in [-0.2, -0.15) is 0 Å². The van der Waals surface area contributed by atoms with E-state index in [1.54, 1.807) is 18.3 Å². The van der Waals surface area contributed by atoms with Gasteiger partial charge >= 0.3 is 0 Å². The second-order valence-electron chi connectivity index (χ2n) is 3.93. The van der Waals surface area contributed by atoms with E-state index in [0.29, 0.717) is 31.3 Å². The zero-order chi connectivity index (χ0) is 14.4. The Bertz CT molecular complexity index is 566. The van der Waals surface area contributed by atoms with Gasteiger partial charge in [-0.1, -0.05) is 5.21 Å². The molecule has 0 spiro atoms. The summed E-state index contributed by atoms with van der Waals surface area (Å²) < 4.78 is 6.74. The zero-order valence-electron chi connectivity index (χ0n) is 11.1. The van der Waals surface area contributed by atoms with Crippen molar-refractivity contribution >= 4 is 11.6 Å². The van der Waals surface area contributed by atoms with Gasteiger partial charge in [0.1, 0.15) is 0 Å². The molecule has 0 saturated heterocycles. The third kappa shape index (κ3) is 3.51. The van der Waals surface area contributed by atoms with Crippen LogP contribution in [0.5, 0.6) is 5.88 Å². The summed E-state index contributed by atoms with van der Waals surface area (Å²) in [5.74, 6) is 0.165. The van der Waals surface area contributed by atoms with E-state index in [2.05, 4.69) is 20.6 Å². The summed E-state index contributed by atoms with van der Waals surface area (Å²) in [6.07, 6.45) is 3.07. The Kier molecular flexibility index (Phi) is 4.61. The Hall–Kier alpha value is -2.48. The normalized spacial score (nSPS) is 10.3. The summed E-state index contributed by atoms with van der Waals surface area (Å²) in [6, 6.07) is 3.39. The minimum atomic E-state index is -0.348. The van der Waals surface area contributed by atoms with E-state index in [-0.39, 0.29) is 11.6 Å². The van der Waals surface area contributed by atoms with Crippen LogP contribution in [0, 0.1) is 0 Å². The number of pyridine rings is 1. The number of amides is 1. The standard InChI is InChI=1S/C12H16N6O2/c1-2-20-11-4-3-9(7-14-11)15-12(19)10-8-18(6-5-13)17-16-10/h3-4,7-8H,2,5-6,13H2,1H3,(H,15,19). The molecule has 106 valence electrons. The fraction of sp³-hybridized carbons (Fsp3) is 0.333. The summed E-state index contributed by atoms with van der Waals surface area (Å²) in [4.78, 5) is 16.0. The van der Waals surface area contributed by atoms with E-state index in [1.807, 2.05) is 6.92 Å². The lowest BCUT2D eigenvalue weighted by Gasteiger charge is -2.04. The lowest BCUT2D eigenvalue weighted by molar-refractivity contribution is 0.102. The van der Waals surface area contributed by atoms with E-state index >= 15 is 0 Å². The molecule has 2 heterocycles. The number of nitrogens with one attached hydrogen (secondary N) is 1. The first-order valence-electron chi connectivity index (χ1n) is 6.23. The molecule has 0 aliphatic rings. The average Bonchev–Trinajstić information content (AvgIpc) is 2.90. The summed E-state index contributed by atoms with van der Waals surface area (Å²) in [7, 11) is 0. The number of ether oxygens (including phenoxy) is 1. The van der Waals surface area contributed by atoms with Gasteiger partial charge in [0, 0.05) is 12.6 Å². The fourth-order valence-corrected chi connectivity index (χ4v) is 1.53. The number of nitrogens with zero attached hydrogens (tertiary/aromatic N) is 4. The van der Waals surface area contributed by atoms with Crippen molar-refractivity contribution in [1.82, 2.24) is 20.0 Å². The largest absolute Gasteiger partial charge is 0.478 e. The minimum absolute atomic E-state index is 0.229.